The lowest BCUT2D eigenvalue weighted by molar-refractivity contribution is 1.05. The van der Waals surface area contributed by atoms with Crippen LogP contribution in [0.4, 0.5) is 0 Å². The highest BCUT2D eigenvalue weighted by atomic mass is 15.1. The second-order valence-electron chi connectivity index (χ2n) is 13.7. The van der Waals surface area contributed by atoms with Crippen molar-refractivity contribution in [2.45, 2.75) is 0 Å². The van der Waals surface area contributed by atoms with Crippen LogP contribution < -0.4 is 0 Å². The summed E-state index contributed by atoms with van der Waals surface area (Å²) in [6, 6.07) is 67.4. The van der Waals surface area contributed by atoms with Crippen molar-refractivity contribution in [2.75, 3.05) is 0 Å². The molecule has 0 aliphatic heterocycles. The Kier molecular flexibility index (Phi) is 6.52. The number of nitrogens with zero attached hydrogens (tertiary/aromatic N) is 4. The van der Waals surface area contributed by atoms with Gasteiger partial charge in [-0.15, -0.1) is 0 Å². The molecule has 11 rings (SSSR count). The van der Waals surface area contributed by atoms with Gasteiger partial charge in [0.2, 0.25) is 0 Å². The Labute approximate surface area is 306 Å². The van der Waals surface area contributed by atoms with Crippen LogP contribution in [0.25, 0.3) is 94.1 Å². The van der Waals surface area contributed by atoms with Gasteiger partial charge in [0, 0.05) is 50.1 Å². The lowest BCUT2D eigenvalue weighted by atomic mass is 10.0. The molecule has 248 valence electrons. The molecule has 4 heterocycles. The van der Waals surface area contributed by atoms with Crippen molar-refractivity contribution < 1.29 is 0 Å². The van der Waals surface area contributed by atoms with Crippen molar-refractivity contribution in [3.63, 3.8) is 0 Å². The zero-order valence-corrected chi connectivity index (χ0v) is 28.8. The van der Waals surface area contributed by atoms with Crippen LogP contribution in [-0.4, -0.2) is 18.7 Å². The summed E-state index contributed by atoms with van der Waals surface area (Å²) in [6.45, 7) is 0. The quantitative estimate of drug-likeness (QED) is 0.178. The summed E-state index contributed by atoms with van der Waals surface area (Å²) < 4.78 is 7.04. The molecule has 4 nitrogen and oxygen atoms in total. The van der Waals surface area contributed by atoms with Crippen LogP contribution in [-0.2, 0) is 0 Å². The number of para-hydroxylation sites is 3. The number of aromatic nitrogens is 4. The first-order valence-corrected chi connectivity index (χ1v) is 18.1. The Morgan fingerprint density at radius 2 is 0.925 bits per heavy atom. The summed E-state index contributed by atoms with van der Waals surface area (Å²) in [6.07, 6.45) is 2.16. The summed E-state index contributed by atoms with van der Waals surface area (Å²) in [5, 5.41) is 6.11. The molecule has 0 aliphatic carbocycles. The third-order valence-corrected chi connectivity index (χ3v) is 10.6. The molecular weight excluding hydrogens is 645 g/mol. The zero-order valence-electron chi connectivity index (χ0n) is 28.8. The summed E-state index contributed by atoms with van der Waals surface area (Å²) in [5.74, 6) is 0.886. The van der Waals surface area contributed by atoms with E-state index in [1.807, 2.05) is 6.07 Å². The third kappa shape index (κ3) is 4.66. The molecule has 4 heteroatoms. The fourth-order valence-corrected chi connectivity index (χ4v) is 8.22. The van der Waals surface area contributed by atoms with Crippen molar-refractivity contribution in [1.82, 2.24) is 18.7 Å². The first-order valence-electron chi connectivity index (χ1n) is 18.1. The van der Waals surface area contributed by atoms with Crippen molar-refractivity contribution in [3.05, 3.63) is 194 Å². The van der Waals surface area contributed by atoms with Crippen LogP contribution in [0.2, 0.25) is 0 Å². The maximum Gasteiger partial charge on any atom is 0.138 e. The second kappa shape index (κ2) is 11.7. The van der Waals surface area contributed by atoms with Crippen molar-refractivity contribution in [2.24, 2.45) is 0 Å². The van der Waals surface area contributed by atoms with Gasteiger partial charge >= 0.3 is 0 Å². The van der Waals surface area contributed by atoms with Gasteiger partial charge in [-0.05, 0) is 83.9 Å². The van der Waals surface area contributed by atoms with Gasteiger partial charge in [-0.25, -0.2) is 4.98 Å². The Balaban J connectivity index is 1.15. The highest BCUT2D eigenvalue weighted by molar-refractivity contribution is 6.14. The molecule has 0 bridgehead atoms. The Morgan fingerprint density at radius 1 is 0.340 bits per heavy atom. The SMILES string of the molecule is c1ccc(-c2cc(-c3ccccc3)nc(-n3ccc4cc5c6ccccc6n(-c6ccc7c(c6)c6ccccc6n7-c6ccccc6)c5cc43)c2)cc1. The zero-order chi connectivity index (χ0) is 34.9. The van der Waals surface area contributed by atoms with Gasteiger partial charge in [-0.1, -0.05) is 115 Å². The Hall–Kier alpha value is -7.17. The molecule has 0 aliphatic rings. The van der Waals surface area contributed by atoms with E-state index in [0.29, 0.717) is 0 Å². The van der Waals surface area contributed by atoms with Crippen molar-refractivity contribution in [1.29, 1.82) is 0 Å². The fraction of sp³-hybridized carbons (Fsp3) is 0. The predicted molar refractivity (Wildman–Crippen MR) is 221 cm³/mol. The van der Waals surface area contributed by atoms with Gasteiger partial charge < -0.3 is 13.7 Å². The van der Waals surface area contributed by atoms with E-state index in [4.69, 9.17) is 4.98 Å². The van der Waals surface area contributed by atoms with Gasteiger partial charge in [0.05, 0.1) is 33.3 Å². The molecule has 0 saturated heterocycles. The average Bonchev–Trinajstić information content (AvgIpc) is 3.90. The van der Waals surface area contributed by atoms with Crippen LogP contribution in [0.5, 0.6) is 0 Å². The minimum atomic E-state index is 0.886. The monoisotopic (exact) mass is 676 g/mol. The number of rotatable bonds is 5. The summed E-state index contributed by atoms with van der Waals surface area (Å²) in [4.78, 5) is 5.27. The van der Waals surface area contributed by atoms with Crippen molar-refractivity contribution in [3.8, 4) is 39.6 Å². The molecule has 53 heavy (non-hydrogen) atoms. The number of hydrogen-bond donors (Lipinski definition) is 0. The summed E-state index contributed by atoms with van der Waals surface area (Å²) in [7, 11) is 0. The second-order valence-corrected chi connectivity index (χ2v) is 13.7. The molecule has 0 fully saturated rings. The molecule has 0 unspecified atom stereocenters. The van der Waals surface area contributed by atoms with Crippen LogP contribution in [0.3, 0.4) is 0 Å². The Bertz CT molecular complexity index is 3090. The van der Waals surface area contributed by atoms with E-state index in [1.165, 1.54) is 43.5 Å². The van der Waals surface area contributed by atoms with Gasteiger partial charge in [0.15, 0.2) is 0 Å². The first-order chi connectivity index (χ1) is 26.3. The third-order valence-electron chi connectivity index (χ3n) is 10.6. The minimum Gasteiger partial charge on any atom is -0.309 e. The molecule has 0 saturated carbocycles. The molecule has 11 aromatic rings. The van der Waals surface area contributed by atoms with Crippen LogP contribution in [0, 0.1) is 0 Å². The molecule has 7 aromatic carbocycles. The molecule has 0 amide bonds. The average molecular weight is 677 g/mol. The Morgan fingerprint density at radius 3 is 1.64 bits per heavy atom. The maximum atomic E-state index is 5.27. The van der Waals surface area contributed by atoms with Crippen LogP contribution in [0.1, 0.15) is 0 Å². The molecular formula is C49H32N4. The van der Waals surface area contributed by atoms with Crippen LogP contribution in [0.15, 0.2) is 194 Å². The van der Waals surface area contributed by atoms with E-state index in [2.05, 4.69) is 202 Å². The molecule has 0 radical (unpaired) electrons. The largest absolute Gasteiger partial charge is 0.309 e. The van der Waals surface area contributed by atoms with Gasteiger partial charge in [0.25, 0.3) is 0 Å². The van der Waals surface area contributed by atoms with E-state index < -0.39 is 0 Å². The number of hydrogen-bond acceptors (Lipinski definition) is 1. The van der Waals surface area contributed by atoms with E-state index in [-0.39, 0.29) is 0 Å². The smallest absolute Gasteiger partial charge is 0.138 e. The standard InChI is InChI=1S/C49H32N4/c1-4-14-33(15-5-1)36-29-43(34-16-6-2-7-17-34)50-49(30-36)51-27-26-35-28-41-39-20-10-13-23-45(39)53(48(41)32-47(35)51)38-24-25-46-42(31-38)40-21-11-12-22-44(40)52(46)37-18-8-3-9-19-37/h1-32H. The van der Waals surface area contributed by atoms with E-state index >= 15 is 0 Å². The van der Waals surface area contributed by atoms with Crippen LogP contribution >= 0.6 is 0 Å². The highest BCUT2D eigenvalue weighted by Gasteiger charge is 2.18. The van der Waals surface area contributed by atoms with E-state index in [9.17, 15) is 0 Å². The van der Waals surface area contributed by atoms with Crippen molar-refractivity contribution >= 4 is 54.5 Å². The predicted octanol–water partition coefficient (Wildman–Crippen LogP) is 12.6. The minimum absolute atomic E-state index is 0.886. The van der Waals surface area contributed by atoms with Gasteiger partial charge in [-0.3, -0.25) is 0 Å². The maximum absolute atomic E-state index is 5.27. The first kappa shape index (κ1) is 29.5. The van der Waals surface area contributed by atoms with Gasteiger partial charge in [-0.2, -0.15) is 0 Å². The molecule has 0 N–H and O–H groups in total. The number of benzene rings is 7. The molecule has 4 aromatic heterocycles. The van der Waals surface area contributed by atoms with Gasteiger partial charge in [0.1, 0.15) is 5.82 Å². The lowest BCUT2D eigenvalue weighted by Gasteiger charge is -2.13. The highest BCUT2D eigenvalue weighted by Crippen LogP contribution is 2.39. The lowest BCUT2D eigenvalue weighted by Crippen LogP contribution is -1.99. The summed E-state index contributed by atoms with van der Waals surface area (Å²) >= 11 is 0. The molecule has 0 spiro atoms. The number of fused-ring (bicyclic) bond motifs is 7. The normalized spacial score (nSPS) is 11.8. The van der Waals surface area contributed by atoms with E-state index in [0.717, 1.165) is 50.6 Å². The summed E-state index contributed by atoms with van der Waals surface area (Å²) in [5.41, 5.74) is 12.5. The topological polar surface area (TPSA) is 27.7 Å². The fourth-order valence-electron chi connectivity index (χ4n) is 8.22. The van der Waals surface area contributed by atoms with E-state index in [1.54, 1.807) is 0 Å². The molecule has 0 atom stereocenters. The number of pyridine rings is 1.